The molecule has 0 N–H and O–H groups in total. The SMILES string of the molecule is C[PH]12C[PH](C)(C1)C2. The Hall–Kier alpha value is 0.860. The van der Waals surface area contributed by atoms with E-state index in [4.69, 9.17) is 0 Å². The van der Waals surface area contributed by atoms with Gasteiger partial charge in [-0.2, -0.15) is 0 Å². The Balaban J connectivity index is 2.16. The van der Waals surface area contributed by atoms with Crippen LogP contribution in [0.1, 0.15) is 0 Å². The number of rotatable bonds is 0. The van der Waals surface area contributed by atoms with Crippen LogP contribution in [0.5, 0.6) is 0 Å². The average molecular weight is 136 g/mol. The molecule has 0 amide bonds. The van der Waals surface area contributed by atoms with Crippen molar-refractivity contribution in [2.75, 3.05) is 31.0 Å². The molecule has 0 radical (unpaired) electrons. The Labute approximate surface area is 46.4 Å². The van der Waals surface area contributed by atoms with Crippen molar-refractivity contribution in [2.45, 2.75) is 0 Å². The Morgan fingerprint density at radius 1 is 0.857 bits per heavy atom. The fourth-order valence-corrected chi connectivity index (χ4v) is 26.4. The van der Waals surface area contributed by atoms with Gasteiger partial charge in [0.1, 0.15) is 0 Å². The molecule has 2 heteroatoms. The van der Waals surface area contributed by atoms with Gasteiger partial charge in [-0.1, -0.05) is 0 Å². The fraction of sp³-hybridized carbons (Fsp3) is 1.00. The summed E-state index contributed by atoms with van der Waals surface area (Å²) in [5.74, 6) is 5.38. The van der Waals surface area contributed by atoms with Crippen molar-refractivity contribution >= 4 is 14.5 Å². The van der Waals surface area contributed by atoms with Crippen LogP contribution in [-0.2, 0) is 0 Å². The Bertz CT molecular complexity index is 87.5. The minimum atomic E-state index is -0.318. The first-order chi connectivity index (χ1) is 3.12. The van der Waals surface area contributed by atoms with E-state index < -0.39 is 0 Å². The van der Waals surface area contributed by atoms with Crippen molar-refractivity contribution in [2.24, 2.45) is 0 Å². The third-order valence-electron chi connectivity index (χ3n) is 2.56. The monoisotopic (exact) mass is 136 g/mol. The molecule has 0 aromatic rings. The predicted octanol–water partition coefficient (Wildman–Crippen LogP) is 1.65. The molecule has 3 saturated heterocycles. The molecule has 0 aromatic carbocycles. The molecule has 3 heterocycles. The van der Waals surface area contributed by atoms with Gasteiger partial charge in [0.15, 0.2) is 0 Å². The number of hydrogen-bond donors (Lipinski definition) is 0. The van der Waals surface area contributed by atoms with Gasteiger partial charge in [0.25, 0.3) is 0 Å². The second kappa shape index (κ2) is 0.937. The van der Waals surface area contributed by atoms with Gasteiger partial charge in [-0.3, -0.25) is 0 Å². The van der Waals surface area contributed by atoms with Crippen LogP contribution >= 0.6 is 14.5 Å². The van der Waals surface area contributed by atoms with Crippen molar-refractivity contribution in [1.82, 2.24) is 0 Å². The normalized spacial score (nSPS) is 47.7. The fourth-order valence-electron chi connectivity index (χ4n) is 2.94. The van der Waals surface area contributed by atoms with Gasteiger partial charge in [-0.25, -0.2) is 0 Å². The van der Waals surface area contributed by atoms with E-state index in [1.807, 2.05) is 0 Å². The molecule has 0 saturated carbocycles. The van der Waals surface area contributed by atoms with Crippen LogP contribution in [0.2, 0.25) is 0 Å². The summed E-state index contributed by atoms with van der Waals surface area (Å²) >= 11 is 0. The first-order valence-corrected chi connectivity index (χ1v) is 9.36. The predicted molar refractivity (Wildman–Crippen MR) is 43.1 cm³/mol. The summed E-state index contributed by atoms with van der Waals surface area (Å²) in [7, 11) is -0.635. The molecule has 7 heavy (non-hydrogen) atoms. The molecular formula is C5H14P2. The first-order valence-electron chi connectivity index (χ1n) is 3.12. The van der Waals surface area contributed by atoms with Gasteiger partial charge >= 0.3 is 45.6 Å². The van der Waals surface area contributed by atoms with Crippen molar-refractivity contribution < 1.29 is 0 Å². The van der Waals surface area contributed by atoms with Crippen LogP contribution in [0.3, 0.4) is 0 Å². The van der Waals surface area contributed by atoms with E-state index >= 15 is 0 Å². The van der Waals surface area contributed by atoms with Crippen LogP contribution in [0.4, 0.5) is 0 Å². The second-order valence-corrected chi connectivity index (χ2v) is 15.6. The molecular weight excluding hydrogens is 122 g/mol. The first kappa shape index (κ1) is 4.71. The summed E-state index contributed by atoms with van der Waals surface area (Å²) in [6.45, 7) is 5.15. The molecule has 3 aliphatic rings. The third kappa shape index (κ3) is 0.456. The molecule has 2 bridgehead atoms. The quantitative estimate of drug-likeness (QED) is 0.444. The van der Waals surface area contributed by atoms with Gasteiger partial charge in [0.05, 0.1) is 0 Å². The zero-order chi connectivity index (χ0) is 5.12. The van der Waals surface area contributed by atoms with E-state index in [9.17, 15) is 0 Å². The summed E-state index contributed by atoms with van der Waals surface area (Å²) < 4.78 is 0. The second-order valence-electron chi connectivity index (χ2n) is 4.15. The van der Waals surface area contributed by atoms with E-state index in [0.717, 1.165) is 0 Å². The van der Waals surface area contributed by atoms with E-state index in [0.29, 0.717) is 0 Å². The zero-order valence-corrected chi connectivity index (χ0v) is 7.12. The van der Waals surface area contributed by atoms with Crippen LogP contribution in [0.25, 0.3) is 0 Å². The van der Waals surface area contributed by atoms with Crippen molar-refractivity contribution in [3.8, 4) is 0 Å². The molecule has 44 valence electrons. The maximum absolute atomic E-state index is 2.57. The van der Waals surface area contributed by atoms with E-state index in [1.54, 1.807) is 17.7 Å². The summed E-state index contributed by atoms with van der Waals surface area (Å²) in [5, 5.41) is 0. The van der Waals surface area contributed by atoms with Crippen molar-refractivity contribution in [3.63, 3.8) is 0 Å². The van der Waals surface area contributed by atoms with Crippen molar-refractivity contribution in [1.29, 1.82) is 0 Å². The van der Waals surface area contributed by atoms with Gasteiger partial charge in [-0.15, -0.1) is 0 Å². The van der Waals surface area contributed by atoms with Crippen molar-refractivity contribution in [3.05, 3.63) is 0 Å². The Kier molecular flexibility index (Phi) is 0.630. The third-order valence-corrected chi connectivity index (χ3v) is 23.0. The zero-order valence-electron chi connectivity index (χ0n) is 5.12. The molecule has 0 nitrogen and oxygen atoms in total. The van der Waals surface area contributed by atoms with Gasteiger partial charge in [0, 0.05) is 0 Å². The van der Waals surface area contributed by atoms with Gasteiger partial charge < -0.3 is 0 Å². The standard InChI is InChI=1S/C5H14P2/c1-6-3-7(2,4-6)5-6/h6-7H,3-5H2,1-2H3. The molecule has 0 aromatic heterocycles. The molecule has 0 atom stereocenters. The van der Waals surface area contributed by atoms with E-state index in [-0.39, 0.29) is 14.5 Å². The van der Waals surface area contributed by atoms with Crippen LogP contribution < -0.4 is 0 Å². The molecule has 0 aliphatic carbocycles. The summed E-state index contributed by atoms with van der Waals surface area (Å²) in [5.41, 5.74) is 0. The summed E-state index contributed by atoms with van der Waals surface area (Å²) in [6.07, 6.45) is 0. The van der Waals surface area contributed by atoms with Gasteiger partial charge in [0.2, 0.25) is 0 Å². The Morgan fingerprint density at radius 3 is 1.14 bits per heavy atom. The maximum atomic E-state index is 2.57. The molecule has 0 unspecified atom stereocenters. The topological polar surface area (TPSA) is 0 Å². The van der Waals surface area contributed by atoms with Gasteiger partial charge in [-0.05, 0) is 0 Å². The molecule has 3 rings (SSSR count). The number of hydrogen-bond acceptors (Lipinski definition) is 0. The average Bonchev–Trinajstić information content (AvgIpc) is 1.27. The summed E-state index contributed by atoms with van der Waals surface area (Å²) in [6, 6.07) is 0. The van der Waals surface area contributed by atoms with E-state index in [2.05, 4.69) is 13.3 Å². The van der Waals surface area contributed by atoms with Crippen LogP contribution in [0.15, 0.2) is 0 Å². The summed E-state index contributed by atoms with van der Waals surface area (Å²) in [4.78, 5) is 0. The minimum absolute atomic E-state index is 0.318. The van der Waals surface area contributed by atoms with E-state index in [1.165, 1.54) is 0 Å². The molecule has 3 aliphatic heterocycles. The Morgan fingerprint density at radius 2 is 1.14 bits per heavy atom. The van der Waals surface area contributed by atoms with Crippen LogP contribution in [0, 0.1) is 0 Å². The van der Waals surface area contributed by atoms with Crippen LogP contribution in [-0.4, -0.2) is 31.0 Å². The molecule has 3 fully saturated rings. The molecule has 0 spiro atoms.